The quantitative estimate of drug-likeness (QED) is 0.904. The van der Waals surface area contributed by atoms with Crippen LogP contribution in [0.5, 0.6) is 0 Å². The third-order valence-corrected chi connectivity index (χ3v) is 3.76. The van der Waals surface area contributed by atoms with E-state index in [9.17, 15) is 4.39 Å². The lowest BCUT2D eigenvalue weighted by Gasteiger charge is -2.21. The van der Waals surface area contributed by atoms with Crippen LogP contribution in [0.1, 0.15) is 12.5 Å². The largest absolute Gasteiger partial charge is 0.344 e. The normalized spacial score (nSPS) is 12.2. The van der Waals surface area contributed by atoms with Crippen LogP contribution in [0.25, 0.3) is 0 Å². The lowest BCUT2D eigenvalue weighted by Crippen LogP contribution is -2.18. The van der Waals surface area contributed by atoms with Gasteiger partial charge >= 0.3 is 0 Å². The van der Waals surface area contributed by atoms with Crippen molar-refractivity contribution in [1.82, 2.24) is 0 Å². The Morgan fingerprint density at radius 1 is 1.25 bits per heavy atom. The molecule has 2 N–H and O–H groups in total. The summed E-state index contributed by atoms with van der Waals surface area (Å²) in [6, 6.07) is 12.8. The first-order valence-electron chi connectivity index (χ1n) is 6.50. The molecule has 0 fully saturated rings. The van der Waals surface area contributed by atoms with Crippen LogP contribution in [0.3, 0.4) is 0 Å². The molecule has 0 aliphatic carbocycles. The third kappa shape index (κ3) is 3.58. The van der Waals surface area contributed by atoms with E-state index in [1.54, 1.807) is 6.07 Å². The lowest BCUT2D eigenvalue weighted by atomic mass is 10.1. The van der Waals surface area contributed by atoms with E-state index < -0.39 is 0 Å². The first kappa shape index (κ1) is 15.0. The summed E-state index contributed by atoms with van der Waals surface area (Å²) in [7, 11) is 1.92. The molecule has 0 aromatic heterocycles. The maximum absolute atomic E-state index is 13.3. The van der Waals surface area contributed by atoms with Crippen LogP contribution in [0.4, 0.5) is 15.8 Å². The number of nitrogens with zero attached hydrogens (tertiary/aromatic N) is 1. The Kier molecular flexibility index (Phi) is 4.78. The van der Waals surface area contributed by atoms with Crippen molar-refractivity contribution < 1.29 is 4.39 Å². The monoisotopic (exact) mass is 336 g/mol. The molecule has 0 saturated carbocycles. The summed E-state index contributed by atoms with van der Waals surface area (Å²) in [6.45, 7) is 1.99. The molecule has 1 atom stereocenters. The van der Waals surface area contributed by atoms with Crippen LogP contribution < -0.4 is 10.6 Å². The predicted molar refractivity (Wildman–Crippen MR) is 86.0 cm³/mol. The topological polar surface area (TPSA) is 29.3 Å². The molecule has 2 nitrogen and oxygen atoms in total. The summed E-state index contributed by atoms with van der Waals surface area (Å²) < 4.78 is 14.3. The van der Waals surface area contributed by atoms with Gasteiger partial charge in [-0.05, 0) is 65.2 Å². The zero-order valence-corrected chi connectivity index (χ0v) is 13.2. The van der Waals surface area contributed by atoms with Gasteiger partial charge in [0.15, 0.2) is 0 Å². The van der Waals surface area contributed by atoms with Gasteiger partial charge in [-0.1, -0.05) is 12.1 Å². The van der Waals surface area contributed by atoms with Crippen molar-refractivity contribution in [3.8, 4) is 0 Å². The van der Waals surface area contributed by atoms with Gasteiger partial charge < -0.3 is 10.6 Å². The average Bonchev–Trinajstić information content (AvgIpc) is 2.37. The highest BCUT2D eigenvalue weighted by Crippen LogP contribution is 2.32. The van der Waals surface area contributed by atoms with E-state index in [-0.39, 0.29) is 11.9 Å². The van der Waals surface area contributed by atoms with Gasteiger partial charge in [0.05, 0.1) is 5.69 Å². The molecule has 0 bridgehead atoms. The summed E-state index contributed by atoms with van der Waals surface area (Å²) in [5, 5.41) is 0. The molecule has 0 radical (unpaired) electrons. The highest BCUT2D eigenvalue weighted by molar-refractivity contribution is 9.10. The molecular weight excluding hydrogens is 319 g/mol. The van der Waals surface area contributed by atoms with Crippen LogP contribution in [-0.2, 0) is 6.42 Å². The molecule has 0 spiro atoms. The molecule has 0 aliphatic heterocycles. The minimum absolute atomic E-state index is 0.133. The first-order valence-corrected chi connectivity index (χ1v) is 7.30. The van der Waals surface area contributed by atoms with E-state index in [1.807, 2.05) is 31.0 Å². The Bertz CT molecular complexity index is 599. The summed E-state index contributed by atoms with van der Waals surface area (Å²) in [5.41, 5.74) is 8.80. The fourth-order valence-electron chi connectivity index (χ4n) is 2.15. The maximum Gasteiger partial charge on any atom is 0.125 e. The van der Waals surface area contributed by atoms with E-state index in [0.717, 1.165) is 22.3 Å². The molecule has 0 amide bonds. The highest BCUT2D eigenvalue weighted by atomic mass is 79.9. The van der Waals surface area contributed by atoms with Crippen molar-refractivity contribution in [1.29, 1.82) is 0 Å². The molecule has 1 unspecified atom stereocenters. The Hall–Kier alpha value is -1.39. The second-order valence-corrected chi connectivity index (χ2v) is 5.86. The number of hydrogen-bond donors (Lipinski definition) is 1. The fourth-order valence-corrected chi connectivity index (χ4v) is 2.84. The van der Waals surface area contributed by atoms with Crippen LogP contribution >= 0.6 is 15.9 Å². The standard InChI is InChI=1S/C16H18BrFN2/c1-11(19)8-12-6-7-16(15(17)9-12)20(2)14-5-3-4-13(18)10-14/h3-7,9-11H,8,19H2,1-2H3. The SMILES string of the molecule is CC(N)Cc1ccc(N(C)c2cccc(F)c2)c(Br)c1. The van der Waals surface area contributed by atoms with Crippen molar-refractivity contribution in [2.24, 2.45) is 5.73 Å². The van der Waals surface area contributed by atoms with Gasteiger partial charge in [0.2, 0.25) is 0 Å². The van der Waals surface area contributed by atoms with E-state index in [2.05, 4.69) is 28.1 Å². The first-order chi connectivity index (χ1) is 9.47. The molecule has 106 valence electrons. The zero-order chi connectivity index (χ0) is 14.7. The second-order valence-electron chi connectivity index (χ2n) is 5.01. The minimum Gasteiger partial charge on any atom is -0.344 e. The molecular formula is C16H18BrFN2. The number of rotatable bonds is 4. The van der Waals surface area contributed by atoms with Gasteiger partial charge in [-0.3, -0.25) is 0 Å². The number of hydrogen-bond acceptors (Lipinski definition) is 2. The van der Waals surface area contributed by atoms with Crippen LogP contribution in [0.2, 0.25) is 0 Å². The zero-order valence-electron chi connectivity index (χ0n) is 11.6. The molecule has 20 heavy (non-hydrogen) atoms. The average molecular weight is 337 g/mol. The lowest BCUT2D eigenvalue weighted by molar-refractivity contribution is 0.628. The summed E-state index contributed by atoms with van der Waals surface area (Å²) in [4.78, 5) is 1.95. The second kappa shape index (κ2) is 6.37. The van der Waals surface area contributed by atoms with Gasteiger partial charge in [-0.25, -0.2) is 4.39 Å². The molecule has 0 heterocycles. The van der Waals surface area contributed by atoms with Gasteiger partial charge in [0.1, 0.15) is 5.82 Å². The Morgan fingerprint density at radius 2 is 2.00 bits per heavy atom. The van der Waals surface area contributed by atoms with Crippen molar-refractivity contribution in [2.75, 3.05) is 11.9 Å². The molecule has 2 rings (SSSR count). The van der Waals surface area contributed by atoms with E-state index >= 15 is 0 Å². The number of benzene rings is 2. The van der Waals surface area contributed by atoms with Crippen molar-refractivity contribution in [3.63, 3.8) is 0 Å². The molecule has 2 aromatic rings. The van der Waals surface area contributed by atoms with Gasteiger partial charge in [0.25, 0.3) is 0 Å². The predicted octanol–water partition coefficient (Wildman–Crippen LogP) is 4.25. The van der Waals surface area contributed by atoms with Crippen LogP contribution in [0.15, 0.2) is 46.9 Å². The van der Waals surface area contributed by atoms with Crippen LogP contribution in [0, 0.1) is 5.82 Å². The molecule has 2 aromatic carbocycles. The minimum atomic E-state index is -0.237. The van der Waals surface area contributed by atoms with E-state index in [1.165, 1.54) is 17.7 Å². The van der Waals surface area contributed by atoms with Crippen molar-refractivity contribution in [2.45, 2.75) is 19.4 Å². The van der Waals surface area contributed by atoms with Crippen molar-refractivity contribution in [3.05, 3.63) is 58.3 Å². The van der Waals surface area contributed by atoms with E-state index in [0.29, 0.717) is 0 Å². The Labute approximate surface area is 127 Å². The number of anilines is 2. The summed E-state index contributed by atoms with van der Waals surface area (Å²) >= 11 is 3.58. The third-order valence-electron chi connectivity index (χ3n) is 3.13. The van der Waals surface area contributed by atoms with Crippen molar-refractivity contribution >= 4 is 27.3 Å². The van der Waals surface area contributed by atoms with Crippen LogP contribution in [-0.4, -0.2) is 13.1 Å². The fraction of sp³-hybridized carbons (Fsp3) is 0.250. The van der Waals surface area contributed by atoms with Gasteiger partial charge in [0, 0.05) is 23.2 Å². The van der Waals surface area contributed by atoms with Gasteiger partial charge in [-0.2, -0.15) is 0 Å². The molecule has 0 saturated heterocycles. The van der Waals surface area contributed by atoms with Gasteiger partial charge in [-0.15, -0.1) is 0 Å². The van der Waals surface area contributed by atoms with E-state index in [4.69, 9.17) is 5.73 Å². The molecule has 4 heteroatoms. The Balaban J connectivity index is 2.28. The summed E-state index contributed by atoms with van der Waals surface area (Å²) in [5.74, 6) is -0.237. The number of halogens is 2. The summed E-state index contributed by atoms with van der Waals surface area (Å²) in [6.07, 6.45) is 0.836. The molecule has 0 aliphatic rings. The highest BCUT2D eigenvalue weighted by Gasteiger charge is 2.10. The smallest absolute Gasteiger partial charge is 0.125 e. The number of nitrogens with two attached hydrogens (primary N) is 1. The maximum atomic E-state index is 13.3. The Morgan fingerprint density at radius 3 is 2.60 bits per heavy atom.